The summed E-state index contributed by atoms with van der Waals surface area (Å²) < 4.78 is 31.5. The van der Waals surface area contributed by atoms with Crippen molar-refractivity contribution < 1.29 is 22.7 Å². The fourth-order valence-corrected chi connectivity index (χ4v) is 3.87. The van der Waals surface area contributed by atoms with Crippen molar-refractivity contribution >= 4 is 39.3 Å². The second-order valence-corrected chi connectivity index (χ2v) is 8.40. The van der Waals surface area contributed by atoms with Crippen molar-refractivity contribution in [2.75, 3.05) is 19.4 Å². The first kappa shape index (κ1) is 20.1. The molecule has 0 saturated carbocycles. The summed E-state index contributed by atoms with van der Waals surface area (Å²) in [6.07, 6.45) is 4.46. The highest BCUT2D eigenvalue weighted by Crippen LogP contribution is 2.22. The van der Waals surface area contributed by atoms with Gasteiger partial charge in [0.25, 0.3) is 15.9 Å². The van der Waals surface area contributed by atoms with Crippen LogP contribution in [0.1, 0.15) is 18.0 Å². The summed E-state index contributed by atoms with van der Waals surface area (Å²) in [4.78, 5) is 26.1. The standard InChI is InChI=1S/C18H18ClN3O5S/c1-27-17(23)10-15(12-2-5-14(19)6-3-12)20-18(24)13-4-7-16-21-28(25,26)9-8-22(16)11-13/h2-7,11,15H,8-10H2,1H3,(H,20,24). The molecule has 1 N–H and O–H groups in total. The Morgan fingerprint density at radius 2 is 2.00 bits per heavy atom. The smallest absolute Gasteiger partial charge is 0.307 e. The van der Waals surface area contributed by atoms with Crippen molar-refractivity contribution in [3.8, 4) is 0 Å². The first-order chi connectivity index (χ1) is 13.3. The zero-order valence-corrected chi connectivity index (χ0v) is 16.5. The normalized spacial score (nSPS) is 18.4. The predicted molar refractivity (Wildman–Crippen MR) is 104 cm³/mol. The molecule has 0 radical (unpaired) electrons. The third-order valence-corrected chi connectivity index (χ3v) is 5.68. The fraction of sp³-hybridized carbons (Fsp3) is 0.278. The van der Waals surface area contributed by atoms with Gasteiger partial charge in [0.05, 0.1) is 30.9 Å². The molecule has 0 bridgehead atoms. The second kappa shape index (κ2) is 8.15. The van der Waals surface area contributed by atoms with E-state index in [0.717, 1.165) is 0 Å². The van der Waals surface area contributed by atoms with E-state index < -0.39 is 27.9 Å². The van der Waals surface area contributed by atoms with E-state index in [1.54, 1.807) is 35.4 Å². The minimum Gasteiger partial charge on any atom is -0.469 e. The largest absolute Gasteiger partial charge is 0.469 e. The van der Waals surface area contributed by atoms with Crippen LogP contribution in [0.25, 0.3) is 0 Å². The van der Waals surface area contributed by atoms with Crippen LogP contribution < -0.4 is 5.32 Å². The highest BCUT2D eigenvalue weighted by Gasteiger charge is 2.26. The Hall–Kier alpha value is -2.65. The molecule has 3 rings (SSSR count). The molecular formula is C18H18ClN3O5S. The number of hydrogen-bond acceptors (Lipinski definition) is 6. The minimum absolute atomic E-state index is 0.0461. The van der Waals surface area contributed by atoms with Crippen molar-refractivity contribution in [1.29, 1.82) is 0 Å². The molecule has 10 heteroatoms. The lowest BCUT2D eigenvalue weighted by molar-refractivity contribution is -0.141. The molecule has 1 aromatic rings. The van der Waals surface area contributed by atoms with Gasteiger partial charge < -0.3 is 15.0 Å². The molecule has 148 valence electrons. The van der Waals surface area contributed by atoms with Gasteiger partial charge in [-0.15, -0.1) is 4.40 Å². The number of benzene rings is 1. The van der Waals surface area contributed by atoms with E-state index >= 15 is 0 Å². The highest BCUT2D eigenvalue weighted by atomic mass is 35.5. The summed E-state index contributed by atoms with van der Waals surface area (Å²) in [5, 5.41) is 3.35. The first-order valence-corrected chi connectivity index (χ1v) is 10.4. The van der Waals surface area contributed by atoms with Crippen LogP contribution in [0.4, 0.5) is 0 Å². The Bertz CT molecular complexity index is 983. The number of carbonyl (C=O) groups excluding carboxylic acids is 2. The lowest BCUT2D eigenvalue weighted by Gasteiger charge is -2.27. The van der Waals surface area contributed by atoms with Crippen LogP contribution in [-0.4, -0.2) is 50.4 Å². The number of ether oxygens (including phenoxy) is 1. The monoisotopic (exact) mass is 423 g/mol. The second-order valence-electron chi connectivity index (χ2n) is 6.20. The molecule has 8 nitrogen and oxygen atoms in total. The SMILES string of the molecule is COC(=O)CC(NC(=O)C1=CN2CCS(=O)(=O)N=C2C=C1)c1ccc(Cl)cc1. The fourth-order valence-electron chi connectivity index (χ4n) is 2.77. The van der Waals surface area contributed by atoms with Crippen LogP contribution in [-0.2, 0) is 24.3 Å². The third kappa shape index (κ3) is 4.79. The lowest BCUT2D eigenvalue weighted by atomic mass is 10.0. The topological polar surface area (TPSA) is 105 Å². The predicted octanol–water partition coefficient (Wildman–Crippen LogP) is 1.56. The van der Waals surface area contributed by atoms with E-state index in [1.807, 2.05) is 0 Å². The van der Waals surface area contributed by atoms with Gasteiger partial charge in [-0.3, -0.25) is 9.59 Å². The summed E-state index contributed by atoms with van der Waals surface area (Å²) in [7, 11) is -2.18. The zero-order valence-electron chi connectivity index (χ0n) is 15.0. The zero-order chi connectivity index (χ0) is 20.3. The molecule has 1 unspecified atom stereocenters. The Morgan fingerprint density at radius 3 is 2.68 bits per heavy atom. The molecular weight excluding hydrogens is 406 g/mol. The van der Waals surface area contributed by atoms with Crippen LogP contribution in [0.15, 0.2) is 52.6 Å². The summed E-state index contributed by atoms with van der Waals surface area (Å²) in [5.41, 5.74) is 1.02. The van der Waals surface area contributed by atoms with Gasteiger partial charge in [0.1, 0.15) is 5.84 Å². The van der Waals surface area contributed by atoms with Gasteiger partial charge in [-0.05, 0) is 29.8 Å². The molecule has 2 heterocycles. The molecule has 1 atom stereocenters. The molecule has 2 aliphatic heterocycles. The molecule has 0 fully saturated rings. The van der Waals surface area contributed by atoms with Crippen molar-refractivity contribution in [2.45, 2.75) is 12.5 Å². The number of nitrogens with one attached hydrogen (secondary N) is 1. The number of halogens is 1. The summed E-state index contributed by atoms with van der Waals surface area (Å²) >= 11 is 5.91. The number of amidine groups is 1. The maximum absolute atomic E-state index is 12.7. The maximum Gasteiger partial charge on any atom is 0.307 e. The first-order valence-electron chi connectivity index (χ1n) is 8.40. The van der Waals surface area contributed by atoms with Crippen molar-refractivity contribution in [1.82, 2.24) is 10.2 Å². The van der Waals surface area contributed by atoms with Crippen LogP contribution in [0.2, 0.25) is 5.02 Å². The minimum atomic E-state index is -3.46. The Balaban J connectivity index is 1.79. The van der Waals surface area contributed by atoms with E-state index in [2.05, 4.69) is 9.71 Å². The molecule has 1 amide bonds. The van der Waals surface area contributed by atoms with E-state index in [0.29, 0.717) is 16.2 Å². The molecule has 2 aliphatic rings. The Labute approximate surface area is 167 Å². The van der Waals surface area contributed by atoms with Gasteiger partial charge in [-0.25, -0.2) is 8.42 Å². The molecule has 0 spiro atoms. The number of nitrogens with zero attached hydrogens (tertiary/aromatic N) is 2. The van der Waals surface area contributed by atoms with Gasteiger partial charge in [0.2, 0.25) is 0 Å². The van der Waals surface area contributed by atoms with Crippen molar-refractivity contribution in [3.63, 3.8) is 0 Å². The van der Waals surface area contributed by atoms with Gasteiger partial charge in [0.15, 0.2) is 0 Å². The van der Waals surface area contributed by atoms with Crippen LogP contribution in [0.5, 0.6) is 0 Å². The van der Waals surface area contributed by atoms with Crippen LogP contribution >= 0.6 is 11.6 Å². The summed E-state index contributed by atoms with van der Waals surface area (Å²) in [6, 6.07) is 6.18. The van der Waals surface area contributed by atoms with Crippen LogP contribution in [0.3, 0.4) is 0 Å². The molecule has 1 aromatic carbocycles. The molecule has 0 saturated heterocycles. The number of carbonyl (C=O) groups is 2. The summed E-state index contributed by atoms with van der Waals surface area (Å²) in [6.45, 7) is 0.213. The van der Waals surface area contributed by atoms with Crippen molar-refractivity contribution in [2.24, 2.45) is 4.40 Å². The van der Waals surface area contributed by atoms with Gasteiger partial charge >= 0.3 is 5.97 Å². The van der Waals surface area contributed by atoms with Crippen LogP contribution in [0, 0.1) is 0 Å². The third-order valence-electron chi connectivity index (χ3n) is 4.26. The number of methoxy groups -OCH3 is 1. The molecule has 0 aliphatic carbocycles. The highest BCUT2D eigenvalue weighted by molar-refractivity contribution is 7.90. The number of sulfonamides is 1. The van der Waals surface area contributed by atoms with E-state index in [9.17, 15) is 18.0 Å². The van der Waals surface area contributed by atoms with Crippen molar-refractivity contribution in [3.05, 3.63) is 58.8 Å². The lowest BCUT2D eigenvalue weighted by Crippen LogP contribution is -2.38. The number of hydrogen-bond donors (Lipinski definition) is 1. The van der Waals surface area contributed by atoms with E-state index in [1.165, 1.54) is 19.3 Å². The number of esters is 1. The van der Waals surface area contributed by atoms with E-state index in [-0.39, 0.29) is 24.6 Å². The quantitative estimate of drug-likeness (QED) is 0.720. The molecule has 0 aromatic heterocycles. The summed E-state index contributed by atoms with van der Waals surface area (Å²) in [5.74, 6) is -0.728. The number of fused-ring (bicyclic) bond motifs is 1. The van der Waals surface area contributed by atoms with Gasteiger partial charge in [-0.1, -0.05) is 23.7 Å². The molecule has 28 heavy (non-hydrogen) atoms. The Morgan fingerprint density at radius 1 is 1.29 bits per heavy atom. The Kier molecular flexibility index (Phi) is 5.85. The maximum atomic E-state index is 12.7. The van der Waals surface area contributed by atoms with E-state index in [4.69, 9.17) is 16.3 Å². The average Bonchev–Trinajstić information content (AvgIpc) is 2.66. The van der Waals surface area contributed by atoms with Gasteiger partial charge in [-0.2, -0.15) is 0 Å². The number of rotatable bonds is 5. The van der Waals surface area contributed by atoms with Gasteiger partial charge in [0, 0.05) is 17.8 Å². The average molecular weight is 424 g/mol. The number of amides is 1.